The molecule has 3 N–H and O–H groups in total. The highest BCUT2D eigenvalue weighted by Gasteiger charge is 2.07. The molecular weight excluding hydrogens is 184 g/mol. The number of rotatable bonds is 2. The molecule has 1 aromatic carbocycles. The van der Waals surface area contributed by atoms with Crippen molar-refractivity contribution in [3.63, 3.8) is 0 Å². The standard InChI is InChI=1S/C13H16N2/c14-12-5-1-3-10(8-12)7-11-4-2-6-13(15)9-11/h1,3,5,8-9,15H,2,4,6-7,14H2. The summed E-state index contributed by atoms with van der Waals surface area (Å²) in [5, 5.41) is 7.63. The first-order chi connectivity index (χ1) is 7.24. The van der Waals surface area contributed by atoms with Gasteiger partial charge in [-0.25, -0.2) is 0 Å². The first kappa shape index (κ1) is 9.97. The van der Waals surface area contributed by atoms with Crippen molar-refractivity contribution in [2.45, 2.75) is 25.7 Å². The Morgan fingerprint density at radius 1 is 1.27 bits per heavy atom. The number of benzene rings is 1. The number of nitrogens with one attached hydrogen (secondary N) is 1. The highest BCUT2D eigenvalue weighted by molar-refractivity contribution is 5.93. The van der Waals surface area contributed by atoms with E-state index in [4.69, 9.17) is 11.1 Å². The SMILES string of the molecule is N=C1C=C(Cc2cccc(N)c2)CCC1. The molecule has 0 unspecified atom stereocenters. The molecule has 0 radical (unpaired) electrons. The molecule has 0 saturated heterocycles. The summed E-state index contributed by atoms with van der Waals surface area (Å²) in [5.41, 5.74) is 9.92. The molecular formula is C13H16N2. The predicted octanol–water partition coefficient (Wildman–Crippen LogP) is 2.94. The average Bonchev–Trinajstić information content (AvgIpc) is 2.17. The molecule has 2 nitrogen and oxygen atoms in total. The minimum Gasteiger partial charge on any atom is -0.399 e. The third-order valence-corrected chi connectivity index (χ3v) is 2.70. The first-order valence-electron chi connectivity index (χ1n) is 5.35. The maximum atomic E-state index is 7.63. The zero-order chi connectivity index (χ0) is 10.7. The summed E-state index contributed by atoms with van der Waals surface area (Å²) in [4.78, 5) is 0. The van der Waals surface area contributed by atoms with E-state index < -0.39 is 0 Å². The van der Waals surface area contributed by atoms with Gasteiger partial charge in [-0.15, -0.1) is 0 Å². The van der Waals surface area contributed by atoms with E-state index in [9.17, 15) is 0 Å². The van der Waals surface area contributed by atoms with Crippen LogP contribution in [0.5, 0.6) is 0 Å². The smallest absolute Gasteiger partial charge is 0.0316 e. The van der Waals surface area contributed by atoms with Crippen molar-refractivity contribution < 1.29 is 0 Å². The molecule has 2 heteroatoms. The van der Waals surface area contributed by atoms with E-state index >= 15 is 0 Å². The molecule has 1 aliphatic carbocycles. The van der Waals surface area contributed by atoms with Crippen LogP contribution in [0.2, 0.25) is 0 Å². The minimum atomic E-state index is 0.764. The quantitative estimate of drug-likeness (QED) is 0.708. The fourth-order valence-electron chi connectivity index (χ4n) is 2.00. The van der Waals surface area contributed by atoms with Crippen LogP contribution in [-0.4, -0.2) is 5.71 Å². The lowest BCUT2D eigenvalue weighted by atomic mass is 9.93. The molecule has 0 saturated carbocycles. The summed E-state index contributed by atoms with van der Waals surface area (Å²) < 4.78 is 0. The van der Waals surface area contributed by atoms with Crippen molar-refractivity contribution >= 4 is 11.4 Å². The van der Waals surface area contributed by atoms with Crippen molar-refractivity contribution in [1.29, 1.82) is 5.41 Å². The second-order valence-corrected chi connectivity index (χ2v) is 4.10. The van der Waals surface area contributed by atoms with E-state index in [2.05, 4.69) is 6.07 Å². The Kier molecular flexibility index (Phi) is 2.86. The molecule has 78 valence electrons. The summed E-state index contributed by atoms with van der Waals surface area (Å²) in [5.74, 6) is 0. The highest BCUT2D eigenvalue weighted by Crippen LogP contribution is 2.20. The maximum absolute atomic E-state index is 7.63. The van der Waals surface area contributed by atoms with E-state index in [1.54, 1.807) is 0 Å². The Morgan fingerprint density at radius 3 is 2.87 bits per heavy atom. The second kappa shape index (κ2) is 4.30. The van der Waals surface area contributed by atoms with Gasteiger partial charge < -0.3 is 11.1 Å². The van der Waals surface area contributed by atoms with E-state index in [0.29, 0.717) is 0 Å². The Morgan fingerprint density at radius 2 is 2.13 bits per heavy atom. The number of nitrogens with two attached hydrogens (primary N) is 1. The number of anilines is 1. The van der Waals surface area contributed by atoms with E-state index in [-0.39, 0.29) is 0 Å². The Bertz CT molecular complexity index is 405. The minimum absolute atomic E-state index is 0.764. The molecule has 0 heterocycles. The molecule has 1 aromatic rings. The van der Waals surface area contributed by atoms with Crippen molar-refractivity contribution in [1.82, 2.24) is 0 Å². The van der Waals surface area contributed by atoms with Crippen LogP contribution >= 0.6 is 0 Å². The molecule has 0 spiro atoms. The Hall–Kier alpha value is -1.57. The molecule has 1 aliphatic rings. The molecule has 0 fully saturated rings. The first-order valence-corrected chi connectivity index (χ1v) is 5.35. The fraction of sp³-hybridized carbons (Fsp3) is 0.308. The molecule has 0 aromatic heterocycles. The van der Waals surface area contributed by atoms with Gasteiger partial charge in [-0.3, -0.25) is 0 Å². The van der Waals surface area contributed by atoms with Gasteiger partial charge in [-0.1, -0.05) is 17.7 Å². The van der Waals surface area contributed by atoms with Crippen molar-refractivity contribution in [3.05, 3.63) is 41.5 Å². The van der Waals surface area contributed by atoms with Crippen LogP contribution < -0.4 is 5.73 Å². The van der Waals surface area contributed by atoms with Gasteiger partial charge in [-0.2, -0.15) is 0 Å². The highest BCUT2D eigenvalue weighted by atomic mass is 14.5. The monoisotopic (exact) mass is 200 g/mol. The third-order valence-electron chi connectivity index (χ3n) is 2.70. The molecule has 2 rings (SSSR count). The molecule has 0 amide bonds. The van der Waals surface area contributed by atoms with Gasteiger partial charge in [-0.05, 0) is 49.5 Å². The summed E-state index contributed by atoms with van der Waals surface area (Å²) in [6.45, 7) is 0. The van der Waals surface area contributed by atoms with Crippen molar-refractivity contribution in [2.24, 2.45) is 0 Å². The van der Waals surface area contributed by atoms with E-state index in [0.717, 1.165) is 37.1 Å². The number of hydrogen-bond acceptors (Lipinski definition) is 2. The van der Waals surface area contributed by atoms with Gasteiger partial charge in [0.15, 0.2) is 0 Å². The van der Waals surface area contributed by atoms with Crippen LogP contribution in [0.15, 0.2) is 35.9 Å². The van der Waals surface area contributed by atoms with Gasteiger partial charge in [0, 0.05) is 11.4 Å². The Balaban J connectivity index is 2.11. The largest absolute Gasteiger partial charge is 0.399 e. The second-order valence-electron chi connectivity index (χ2n) is 4.10. The number of allylic oxidation sites excluding steroid dienone is 2. The van der Waals surface area contributed by atoms with Crippen LogP contribution in [0.1, 0.15) is 24.8 Å². The average molecular weight is 200 g/mol. The summed E-state index contributed by atoms with van der Waals surface area (Å²) in [7, 11) is 0. The number of nitrogen functional groups attached to an aromatic ring is 1. The van der Waals surface area contributed by atoms with Gasteiger partial charge >= 0.3 is 0 Å². The molecule has 0 aliphatic heterocycles. The predicted molar refractivity (Wildman–Crippen MR) is 64.2 cm³/mol. The van der Waals surface area contributed by atoms with E-state index in [1.165, 1.54) is 11.1 Å². The van der Waals surface area contributed by atoms with E-state index in [1.807, 2.05) is 24.3 Å². The maximum Gasteiger partial charge on any atom is 0.0316 e. The zero-order valence-electron chi connectivity index (χ0n) is 8.79. The third kappa shape index (κ3) is 2.69. The van der Waals surface area contributed by atoms with Crippen molar-refractivity contribution in [2.75, 3.05) is 5.73 Å². The molecule has 15 heavy (non-hydrogen) atoms. The van der Waals surface area contributed by atoms with Gasteiger partial charge in [0.05, 0.1) is 0 Å². The Labute approximate surface area is 90.3 Å². The van der Waals surface area contributed by atoms with Gasteiger partial charge in [0.25, 0.3) is 0 Å². The van der Waals surface area contributed by atoms with Crippen LogP contribution in [0.25, 0.3) is 0 Å². The molecule has 0 bridgehead atoms. The summed E-state index contributed by atoms with van der Waals surface area (Å²) in [6, 6.07) is 7.99. The summed E-state index contributed by atoms with van der Waals surface area (Å²) in [6.07, 6.45) is 6.13. The normalized spacial score (nSPS) is 16.3. The molecule has 0 atom stereocenters. The van der Waals surface area contributed by atoms with Gasteiger partial charge in [0.2, 0.25) is 0 Å². The summed E-state index contributed by atoms with van der Waals surface area (Å²) >= 11 is 0. The van der Waals surface area contributed by atoms with Crippen LogP contribution in [0.3, 0.4) is 0 Å². The van der Waals surface area contributed by atoms with Crippen LogP contribution in [0, 0.1) is 5.41 Å². The van der Waals surface area contributed by atoms with Crippen LogP contribution in [-0.2, 0) is 6.42 Å². The lowest BCUT2D eigenvalue weighted by Gasteiger charge is -2.13. The fourth-order valence-corrected chi connectivity index (χ4v) is 2.00. The lowest BCUT2D eigenvalue weighted by Crippen LogP contribution is -2.04. The van der Waals surface area contributed by atoms with Crippen LogP contribution in [0.4, 0.5) is 5.69 Å². The lowest BCUT2D eigenvalue weighted by molar-refractivity contribution is 0.808. The van der Waals surface area contributed by atoms with Crippen molar-refractivity contribution in [3.8, 4) is 0 Å². The number of hydrogen-bond donors (Lipinski definition) is 2. The topological polar surface area (TPSA) is 49.9 Å². The van der Waals surface area contributed by atoms with Gasteiger partial charge in [0.1, 0.15) is 0 Å². The zero-order valence-corrected chi connectivity index (χ0v) is 8.79.